The molecule has 1 amide bonds. The second-order valence-corrected chi connectivity index (χ2v) is 6.39. The van der Waals surface area contributed by atoms with Crippen LogP contribution < -0.4 is 5.73 Å². The highest BCUT2D eigenvalue weighted by atomic mass is 35.5. The van der Waals surface area contributed by atoms with Gasteiger partial charge in [0.15, 0.2) is 0 Å². The molecule has 1 unspecified atom stereocenters. The Kier molecular flexibility index (Phi) is 6.45. The van der Waals surface area contributed by atoms with Crippen molar-refractivity contribution < 1.29 is 9.53 Å². The molecule has 124 valence electrons. The summed E-state index contributed by atoms with van der Waals surface area (Å²) in [6.45, 7) is 1.91. The highest BCUT2D eigenvalue weighted by Crippen LogP contribution is 2.26. The number of morpholine rings is 1. The molecule has 4 nitrogen and oxygen atoms in total. The Morgan fingerprint density at radius 2 is 2.13 bits per heavy atom. The molecule has 1 aromatic heterocycles. The van der Waals surface area contributed by atoms with Gasteiger partial charge < -0.3 is 15.4 Å². The van der Waals surface area contributed by atoms with Crippen LogP contribution in [0.5, 0.6) is 0 Å². The SMILES string of the molecule is Cl.Nc1ccccc1CCC(=O)N1CCOC(c2cccs2)C1. The minimum atomic E-state index is 0. The lowest BCUT2D eigenvalue weighted by atomic mass is 10.1. The van der Waals surface area contributed by atoms with Gasteiger partial charge in [0.05, 0.1) is 13.2 Å². The van der Waals surface area contributed by atoms with E-state index in [1.165, 1.54) is 4.88 Å². The Hall–Kier alpha value is -1.56. The van der Waals surface area contributed by atoms with Gasteiger partial charge in [-0.15, -0.1) is 23.7 Å². The number of amides is 1. The molecule has 1 fully saturated rings. The number of halogens is 1. The standard InChI is InChI=1S/C17H20N2O2S.ClH/c18-14-5-2-1-4-13(14)7-8-17(20)19-9-10-21-15(12-19)16-6-3-11-22-16;/h1-6,11,15H,7-10,12,18H2;1H. The van der Waals surface area contributed by atoms with E-state index in [0.717, 1.165) is 11.3 Å². The lowest BCUT2D eigenvalue weighted by Gasteiger charge is -2.32. The fourth-order valence-electron chi connectivity index (χ4n) is 2.68. The van der Waals surface area contributed by atoms with Crippen LogP contribution in [0.15, 0.2) is 41.8 Å². The van der Waals surface area contributed by atoms with Crippen LogP contribution >= 0.6 is 23.7 Å². The molecule has 2 heterocycles. The molecule has 1 atom stereocenters. The maximum absolute atomic E-state index is 12.4. The van der Waals surface area contributed by atoms with Gasteiger partial charge in [-0.2, -0.15) is 0 Å². The van der Waals surface area contributed by atoms with Crippen LogP contribution in [-0.4, -0.2) is 30.5 Å². The van der Waals surface area contributed by atoms with Crippen molar-refractivity contribution in [2.24, 2.45) is 0 Å². The van der Waals surface area contributed by atoms with Crippen molar-refractivity contribution >= 4 is 35.3 Å². The first kappa shape index (κ1) is 17.8. The van der Waals surface area contributed by atoms with Crippen LogP contribution in [0.4, 0.5) is 5.69 Å². The molecule has 0 radical (unpaired) electrons. The lowest BCUT2D eigenvalue weighted by molar-refractivity contribution is -0.138. The molecule has 6 heteroatoms. The number of nitrogens with two attached hydrogens (primary N) is 1. The molecule has 2 N–H and O–H groups in total. The number of benzene rings is 1. The number of rotatable bonds is 4. The molecule has 2 aromatic rings. The van der Waals surface area contributed by atoms with Crippen LogP contribution in [0.25, 0.3) is 0 Å². The summed E-state index contributed by atoms with van der Waals surface area (Å²) in [5, 5.41) is 2.04. The Morgan fingerprint density at radius 3 is 2.87 bits per heavy atom. The van der Waals surface area contributed by atoms with Gasteiger partial charge in [-0.3, -0.25) is 4.79 Å². The summed E-state index contributed by atoms with van der Waals surface area (Å²) in [5.74, 6) is 0.174. The van der Waals surface area contributed by atoms with E-state index in [9.17, 15) is 4.79 Å². The summed E-state index contributed by atoms with van der Waals surface area (Å²) in [5.41, 5.74) is 7.73. The van der Waals surface area contributed by atoms with Crippen LogP contribution in [0.2, 0.25) is 0 Å². The number of anilines is 1. The minimum absolute atomic E-state index is 0. The van der Waals surface area contributed by atoms with Crippen LogP contribution in [0.1, 0.15) is 23.0 Å². The van der Waals surface area contributed by atoms with Crippen molar-refractivity contribution in [3.8, 4) is 0 Å². The number of ether oxygens (including phenoxy) is 1. The van der Waals surface area contributed by atoms with Crippen molar-refractivity contribution in [2.75, 3.05) is 25.4 Å². The normalized spacial score (nSPS) is 17.6. The molecule has 0 bridgehead atoms. The predicted octanol–water partition coefficient (Wildman–Crippen LogP) is 3.28. The number of nitrogens with zero attached hydrogens (tertiary/aromatic N) is 1. The van der Waals surface area contributed by atoms with E-state index in [4.69, 9.17) is 10.5 Å². The van der Waals surface area contributed by atoms with Crippen LogP contribution in [0, 0.1) is 0 Å². The molecule has 1 aliphatic rings. The van der Waals surface area contributed by atoms with Crippen molar-refractivity contribution in [3.05, 3.63) is 52.2 Å². The summed E-state index contributed by atoms with van der Waals surface area (Å²) in [7, 11) is 0. The summed E-state index contributed by atoms with van der Waals surface area (Å²) in [6.07, 6.45) is 1.19. The van der Waals surface area contributed by atoms with Gasteiger partial charge in [0, 0.05) is 23.5 Å². The van der Waals surface area contributed by atoms with E-state index in [1.807, 2.05) is 40.6 Å². The molecule has 1 aromatic carbocycles. The Labute approximate surface area is 146 Å². The highest BCUT2D eigenvalue weighted by Gasteiger charge is 2.25. The van der Waals surface area contributed by atoms with Gasteiger partial charge in [0.25, 0.3) is 0 Å². The second kappa shape index (κ2) is 8.34. The highest BCUT2D eigenvalue weighted by molar-refractivity contribution is 7.10. The van der Waals surface area contributed by atoms with Crippen molar-refractivity contribution in [1.29, 1.82) is 0 Å². The fraction of sp³-hybridized carbons (Fsp3) is 0.353. The van der Waals surface area contributed by atoms with Crippen LogP contribution in [-0.2, 0) is 16.0 Å². The minimum Gasteiger partial charge on any atom is -0.399 e. The third-order valence-corrected chi connectivity index (χ3v) is 4.91. The average Bonchev–Trinajstić information content (AvgIpc) is 3.08. The molecule has 1 aliphatic heterocycles. The number of carbonyl (C=O) groups excluding carboxylic acids is 1. The first-order chi connectivity index (χ1) is 10.7. The molecular formula is C17H21ClN2O2S. The lowest BCUT2D eigenvalue weighted by Crippen LogP contribution is -2.42. The third kappa shape index (κ3) is 4.47. The third-order valence-electron chi connectivity index (χ3n) is 3.94. The van der Waals surface area contributed by atoms with E-state index < -0.39 is 0 Å². The molecule has 1 saturated heterocycles. The number of hydrogen-bond acceptors (Lipinski definition) is 4. The van der Waals surface area contributed by atoms with Gasteiger partial charge in [0.1, 0.15) is 6.10 Å². The number of carbonyl (C=O) groups is 1. The number of para-hydroxylation sites is 1. The topological polar surface area (TPSA) is 55.6 Å². The zero-order valence-electron chi connectivity index (χ0n) is 12.8. The van der Waals surface area contributed by atoms with Crippen molar-refractivity contribution in [1.82, 2.24) is 4.90 Å². The van der Waals surface area contributed by atoms with Crippen LogP contribution in [0.3, 0.4) is 0 Å². The summed E-state index contributed by atoms with van der Waals surface area (Å²) in [4.78, 5) is 15.5. The van der Waals surface area contributed by atoms with Crippen molar-refractivity contribution in [2.45, 2.75) is 18.9 Å². The van der Waals surface area contributed by atoms with E-state index in [0.29, 0.717) is 32.5 Å². The first-order valence-corrected chi connectivity index (χ1v) is 8.38. The quantitative estimate of drug-likeness (QED) is 0.859. The Balaban J connectivity index is 0.00000192. The largest absolute Gasteiger partial charge is 0.399 e. The molecule has 3 rings (SSSR count). The number of nitrogen functional groups attached to an aromatic ring is 1. The average molecular weight is 353 g/mol. The smallest absolute Gasteiger partial charge is 0.223 e. The van der Waals surface area contributed by atoms with Gasteiger partial charge >= 0.3 is 0 Å². The summed E-state index contributed by atoms with van der Waals surface area (Å²) < 4.78 is 5.78. The monoisotopic (exact) mass is 352 g/mol. The molecule has 0 aliphatic carbocycles. The summed E-state index contributed by atoms with van der Waals surface area (Å²) in [6, 6.07) is 11.8. The van der Waals surface area contributed by atoms with E-state index >= 15 is 0 Å². The van der Waals surface area contributed by atoms with Gasteiger partial charge in [-0.25, -0.2) is 0 Å². The molecular weight excluding hydrogens is 332 g/mol. The number of hydrogen-bond donors (Lipinski definition) is 1. The van der Waals surface area contributed by atoms with E-state index in [-0.39, 0.29) is 24.4 Å². The zero-order chi connectivity index (χ0) is 15.4. The van der Waals surface area contributed by atoms with Gasteiger partial charge in [-0.1, -0.05) is 24.3 Å². The number of thiophene rings is 1. The molecule has 0 spiro atoms. The predicted molar refractivity (Wildman–Crippen MR) is 96.0 cm³/mol. The zero-order valence-corrected chi connectivity index (χ0v) is 14.4. The van der Waals surface area contributed by atoms with Crippen molar-refractivity contribution in [3.63, 3.8) is 0 Å². The second-order valence-electron chi connectivity index (χ2n) is 5.41. The number of aryl methyl sites for hydroxylation is 1. The molecule has 0 saturated carbocycles. The summed E-state index contributed by atoms with van der Waals surface area (Å²) >= 11 is 1.68. The Morgan fingerprint density at radius 1 is 1.30 bits per heavy atom. The maximum Gasteiger partial charge on any atom is 0.223 e. The first-order valence-electron chi connectivity index (χ1n) is 7.50. The molecule has 23 heavy (non-hydrogen) atoms. The van der Waals surface area contributed by atoms with E-state index in [2.05, 4.69) is 6.07 Å². The maximum atomic E-state index is 12.4. The van der Waals surface area contributed by atoms with Gasteiger partial charge in [-0.05, 0) is 29.5 Å². The van der Waals surface area contributed by atoms with E-state index in [1.54, 1.807) is 11.3 Å². The Bertz CT molecular complexity index is 633. The fourth-order valence-corrected chi connectivity index (χ4v) is 3.45. The van der Waals surface area contributed by atoms with Gasteiger partial charge in [0.2, 0.25) is 5.91 Å².